The van der Waals surface area contributed by atoms with Crippen molar-refractivity contribution in [2.24, 2.45) is 0 Å². The molecule has 2 aromatic rings. The molecule has 0 aliphatic carbocycles. The highest BCUT2D eigenvalue weighted by molar-refractivity contribution is 9.10. The van der Waals surface area contributed by atoms with Crippen LogP contribution in [0.25, 0.3) is 0 Å². The average Bonchev–Trinajstić information content (AvgIpc) is 2.71. The van der Waals surface area contributed by atoms with Gasteiger partial charge < -0.3 is 20.1 Å². The quantitative estimate of drug-likeness (QED) is 0.410. The number of carbonyl (C=O) groups is 2. The fourth-order valence-electron chi connectivity index (χ4n) is 2.29. The molecule has 0 saturated carbocycles. The number of nitrogens with one attached hydrogen (secondary N) is 2. The Balaban J connectivity index is 2.17. The van der Waals surface area contributed by atoms with Gasteiger partial charge in [0, 0.05) is 27.9 Å². The van der Waals surface area contributed by atoms with Crippen LogP contribution in [0.15, 0.2) is 45.8 Å². The molecular weight excluding hydrogens is 468 g/mol. The first kappa shape index (κ1) is 22.4. The maximum atomic E-state index is 12.5. The summed E-state index contributed by atoms with van der Waals surface area (Å²) >= 11 is 10.4. The fourth-order valence-corrected chi connectivity index (χ4v) is 3.35. The molecule has 0 aromatic heterocycles. The van der Waals surface area contributed by atoms with E-state index in [4.69, 9.17) is 21.1 Å². The standard InChI is InChI=1S/C19H20BrClN2O4S/c1-26-16-9-14(19(25)22-8-7-21)15(10-17(16)27-2)23-18(24)11-28-13-5-3-12(20)4-6-13/h3-6,9-10H,7-8,11H2,1-2H3,(H,22,25)(H,23,24). The summed E-state index contributed by atoms with van der Waals surface area (Å²) in [6.07, 6.45) is 0. The minimum atomic E-state index is -0.363. The fraction of sp³-hybridized carbons (Fsp3) is 0.263. The van der Waals surface area contributed by atoms with E-state index < -0.39 is 0 Å². The monoisotopic (exact) mass is 486 g/mol. The van der Waals surface area contributed by atoms with Crippen LogP contribution >= 0.6 is 39.3 Å². The van der Waals surface area contributed by atoms with Gasteiger partial charge in [-0.2, -0.15) is 0 Å². The second-order valence-electron chi connectivity index (χ2n) is 5.49. The minimum Gasteiger partial charge on any atom is -0.493 e. The lowest BCUT2D eigenvalue weighted by Crippen LogP contribution is -2.27. The van der Waals surface area contributed by atoms with Gasteiger partial charge in [0.05, 0.1) is 31.2 Å². The van der Waals surface area contributed by atoms with E-state index in [1.807, 2.05) is 24.3 Å². The van der Waals surface area contributed by atoms with Gasteiger partial charge in [0.1, 0.15) is 0 Å². The van der Waals surface area contributed by atoms with Crippen LogP contribution in [0.4, 0.5) is 5.69 Å². The van der Waals surface area contributed by atoms with Crippen molar-refractivity contribution in [1.29, 1.82) is 0 Å². The number of benzene rings is 2. The Bertz CT molecular complexity index is 833. The highest BCUT2D eigenvalue weighted by atomic mass is 79.9. The van der Waals surface area contributed by atoms with Crippen molar-refractivity contribution in [1.82, 2.24) is 5.32 Å². The molecule has 0 heterocycles. The van der Waals surface area contributed by atoms with E-state index in [1.165, 1.54) is 32.0 Å². The molecule has 150 valence electrons. The molecule has 9 heteroatoms. The van der Waals surface area contributed by atoms with Gasteiger partial charge in [-0.05, 0) is 30.3 Å². The number of thioether (sulfide) groups is 1. The number of anilines is 1. The molecule has 2 rings (SSSR count). The van der Waals surface area contributed by atoms with E-state index in [0.29, 0.717) is 23.7 Å². The van der Waals surface area contributed by atoms with Crippen molar-refractivity contribution < 1.29 is 19.1 Å². The Morgan fingerprint density at radius 2 is 1.75 bits per heavy atom. The van der Waals surface area contributed by atoms with E-state index in [1.54, 1.807) is 6.07 Å². The maximum absolute atomic E-state index is 12.5. The molecule has 0 aliphatic rings. The van der Waals surface area contributed by atoms with Crippen molar-refractivity contribution in [3.8, 4) is 11.5 Å². The molecular formula is C19H20BrClN2O4S. The van der Waals surface area contributed by atoms with Crippen molar-refractivity contribution in [3.05, 3.63) is 46.4 Å². The summed E-state index contributed by atoms with van der Waals surface area (Å²) in [7, 11) is 2.96. The number of alkyl halides is 1. The average molecular weight is 488 g/mol. The summed E-state index contributed by atoms with van der Waals surface area (Å²) in [6.45, 7) is 0.307. The highest BCUT2D eigenvalue weighted by Crippen LogP contribution is 2.33. The number of methoxy groups -OCH3 is 2. The number of rotatable bonds is 9. The molecule has 0 saturated heterocycles. The molecule has 6 nitrogen and oxygen atoms in total. The Hall–Kier alpha value is -1.90. The Morgan fingerprint density at radius 3 is 2.36 bits per heavy atom. The van der Waals surface area contributed by atoms with Gasteiger partial charge in [0.15, 0.2) is 11.5 Å². The lowest BCUT2D eigenvalue weighted by Gasteiger charge is -2.15. The molecule has 0 bridgehead atoms. The molecule has 2 amide bonds. The van der Waals surface area contributed by atoms with Gasteiger partial charge in [-0.1, -0.05) is 15.9 Å². The predicted molar refractivity (Wildman–Crippen MR) is 116 cm³/mol. The van der Waals surface area contributed by atoms with Gasteiger partial charge in [-0.25, -0.2) is 0 Å². The van der Waals surface area contributed by atoms with Crippen LogP contribution in [-0.4, -0.2) is 44.2 Å². The number of carbonyl (C=O) groups excluding carboxylic acids is 2. The Morgan fingerprint density at radius 1 is 1.11 bits per heavy atom. The third-order valence-electron chi connectivity index (χ3n) is 3.61. The minimum absolute atomic E-state index is 0.193. The van der Waals surface area contributed by atoms with E-state index in [9.17, 15) is 9.59 Å². The highest BCUT2D eigenvalue weighted by Gasteiger charge is 2.18. The maximum Gasteiger partial charge on any atom is 0.253 e. The summed E-state index contributed by atoms with van der Waals surface area (Å²) < 4.78 is 11.5. The summed E-state index contributed by atoms with van der Waals surface area (Å²) in [5.41, 5.74) is 0.607. The van der Waals surface area contributed by atoms with Crippen LogP contribution in [0.5, 0.6) is 11.5 Å². The SMILES string of the molecule is COc1cc(NC(=O)CSc2ccc(Br)cc2)c(C(=O)NCCCl)cc1OC. The third kappa shape index (κ3) is 6.32. The number of hydrogen-bond donors (Lipinski definition) is 2. The molecule has 0 spiro atoms. The summed E-state index contributed by atoms with van der Waals surface area (Å²) in [6, 6.07) is 10.8. The first-order chi connectivity index (χ1) is 13.5. The van der Waals surface area contributed by atoms with Crippen molar-refractivity contribution >= 4 is 56.8 Å². The second kappa shape index (κ2) is 11.2. The normalized spacial score (nSPS) is 10.3. The van der Waals surface area contributed by atoms with Crippen molar-refractivity contribution in [3.63, 3.8) is 0 Å². The molecule has 0 radical (unpaired) electrons. The summed E-state index contributed by atoms with van der Waals surface area (Å²) in [5, 5.41) is 5.46. The van der Waals surface area contributed by atoms with Crippen LogP contribution in [0, 0.1) is 0 Å². The van der Waals surface area contributed by atoms with Crippen LogP contribution < -0.4 is 20.1 Å². The zero-order chi connectivity index (χ0) is 20.5. The van der Waals surface area contributed by atoms with Gasteiger partial charge in [-0.3, -0.25) is 9.59 Å². The lowest BCUT2D eigenvalue weighted by atomic mass is 10.1. The molecule has 2 aromatic carbocycles. The van der Waals surface area contributed by atoms with E-state index in [2.05, 4.69) is 26.6 Å². The van der Waals surface area contributed by atoms with Gasteiger partial charge in [-0.15, -0.1) is 23.4 Å². The molecule has 0 unspecified atom stereocenters. The molecule has 28 heavy (non-hydrogen) atoms. The van der Waals surface area contributed by atoms with Crippen LogP contribution in [0.1, 0.15) is 10.4 Å². The first-order valence-corrected chi connectivity index (χ1v) is 10.6. The van der Waals surface area contributed by atoms with E-state index in [-0.39, 0.29) is 29.0 Å². The van der Waals surface area contributed by atoms with Gasteiger partial charge >= 0.3 is 0 Å². The topological polar surface area (TPSA) is 76.7 Å². The number of hydrogen-bond acceptors (Lipinski definition) is 5. The van der Waals surface area contributed by atoms with Crippen LogP contribution in [0.3, 0.4) is 0 Å². The Kier molecular flexibility index (Phi) is 8.95. The predicted octanol–water partition coefficient (Wildman–Crippen LogP) is 4.17. The van der Waals surface area contributed by atoms with Crippen molar-refractivity contribution in [2.45, 2.75) is 4.90 Å². The first-order valence-electron chi connectivity index (χ1n) is 8.27. The largest absolute Gasteiger partial charge is 0.493 e. The van der Waals surface area contributed by atoms with Crippen LogP contribution in [0.2, 0.25) is 0 Å². The number of amides is 2. The van der Waals surface area contributed by atoms with E-state index >= 15 is 0 Å². The molecule has 0 aliphatic heterocycles. The zero-order valence-electron chi connectivity index (χ0n) is 15.4. The lowest BCUT2D eigenvalue weighted by molar-refractivity contribution is -0.113. The third-order valence-corrected chi connectivity index (χ3v) is 5.34. The summed E-state index contributed by atoms with van der Waals surface area (Å²) in [5.74, 6) is 0.667. The molecule has 0 fully saturated rings. The second-order valence-corrected chi connectivity index (χ2v) is 7.83. The van der Waals surface area contributed by atoms with Crippen molar-refractivity contribution in [2.75, 3.05) is 37.7 Å². The smallest absolute Gasteiger partial charge is 0.253 e. The van der Waals surface area contributed by atoms with E-state index in [0.717, 1.165) is 9.37 Å². The number of ether oxygens (including phenoxy) is 2. The molecule has 2 N–H and O–H groups in total. The summed E-state index contributed by atoms with van der Waals surface area (Å²) in [4.78, 5) is 25.9. The molecule has 0 atom stereocenters. The van der Waals surface area contributed by atoms with Crippen LogP contribution in [-0.2, 0) is 4.79 Å². The van der Waals surface area contributed by atoms with Gasteiger partial charge in [0.25, 0.3) is 5.91 Å². The zero-order valence-corrected chi connectivity index (χ0v) is 18.5. The van der Waals surface area contributed by atoms with Gasteiger partial charge in [0.2, 0.25) is 5.91 Å². The number of halogens is 2. The Labute approximate surface area is 181 Å².